The first kappa shape index (κ1) is 37.0. The Morgan fingerprint density at radius 3 is 2.06 bits per heavy atom. The summed E-state index contributed by atoms with van der Waals surface area (Å²) in [5.74, 6) is -1.34. The number of aromatic amines is 1. The summed E-state index contributed by atoms with van der Waals surface area (Å²) in [6.07, 6.45) is 12.2. The molecule has 12 heteroatoms. The van der Waals surface area contributed by atoms with Crippen molar-refractivity contribution in [3.05, 3.63) is 65.9 Å². The lowest BCUT2D eigenvalue weighted by Crippen LogP contribution is -2.56. The molecule has 4 N–H and O–H groups in total. The number of nitrogens with zero attached hydrogens (tertiary/aromatic N) is 2. The molecule has 1 fully saturated rings. The average molecular weight is 675 g/mol. The van der Waals surface area contributed by atoms with E-state index in [1.807, 2.05) is 25.1 Å². The number of para-hydroxylation sites is 1. The number of anilines is 1. The van der Waals surface area contributed by atoms with Crippen molar-refractivity contribution >= 4 is 46.3 Å². The SMILES string of the molecule is COC(=O)NCCCCCCCCCCCCNC(=O)Nc1cccc2c(C(=O)C(=O)N3CCN(C(=O)c4ccccc4)CC3C)c[nH]c12. The summed E-state index contributed by atoms with van der Waals surface area (Å²) in [6, 6.07) is 13.6. The van der Waals surface area contributed by atoms with Crippen LogP contribution in [0.4, 0.5) is 15.3 Å². The lowest BCUT2D eigenvalue weighted by Gasteiger charge is -2.39. The minimum atomic E-state index is -0.632. The molecule has 1 aliphatic heterocycles. The number of Topliss-reactive ketones (excluding diaryl/α,β-unsaturated/α-hetero) is 1. The van der Waals surface area contributed by atoms with Crippen molar-refractivity contribution in [2.45, 2.75) is 77.2 Å². The summed E-state index contributed by atoms with van der Waals surface area (Å²) < 4.78 is 4.55. The minimum absolute atomic E-state index is 0.0926. The zero-order valence-corrected chi connectivity index (χ0v) is 28.7. The van der Waals surface area contributed by atoms with Crippen molar-refractivity contribution in [3.63, 3.8) is 0 Å². The number of rotatable bonds is 17. The summed E-state index contributed by atoms with van der Waals surface area (Å²) in [7, 11) is 1.37. The van der Waals surface area contributed by atoms with E-state index < -0.39 is 11.7 Å². The quantitative estimate of drug-likeness (QED) is 0.0771. The van der Waals surface area contributed by atoms with Gasteiger partial charge in [-0.15, -0.1) is 0 Å². The second-order valence-corrected chi connectivity index (χ2v) is 12.6. The molecule has 1 saturated heterocycles. The number of ketones is 1. The van der Waals surface area contributed by atoms with Crippen LogP contribution in [0.3, 0.4) is 0 Å². The van der Waals surface area contributed by atoms with Crippen LogP contribution in [0, 0.1) is 0 Å². The van der Waals surface area contributed by atoms with Crippen molar-refractivity contribution in [2.75, 3.05) is 45.2 Å². The van der Waals surface area contributed by atoms with Crippen LogP contribution in [-0.4, -0.2) is 90.4 Å². The van der Waals surface area contributed by atoms with Gasteiger partial charge in [0, 0.05) is 55.9 Å². The highest BCUT2D eigenvalue weighted by Crippen LogP contribution is 2.27. The van der Waals surface area contributed by atoms with E-state index in [9.17, 15) is 24.0 Å². The molecule has 4 rings (SSSR count). The van der Waals surface area contributed by atoms with Crippen molar-refractivity contribution in [1.82, 2.24) is 25.4 Å². The van der Waals surface area contributed by atoms with Crippen LogP contribution in [0.1, 0.15) is 91.8 Å². The van der Waals surface area contributed by atoms with Gasteiger partial charge in [-0.25, -0.2) is 9.59 Å². The van der Waals surface area contributed by atoms with E-state index in [0.717, 1.165) is 32.1 Å². The van der Waals surface area contributed by atoms with Gasteiger partial charge in [-0.2, -0.15) is 0 Å². The lowest BCUT2D eigenvalue weighted by atomic mass is 10.1. The molecule has 12 nitrogen and oxygen atoms in total. The summed E-state index contributed by atoms with van der Waals surface area (Å²) in [5, 5.41) is 9.02. The monoisotopic (exact) mass is 674 g/mol. The van der Waals surface area contributed by atoms with Gasteiger partial charge in [0.15, 0.2) is 0 Å². The van der Waals surface area contributed by atoms with Gasteiger partial charge in [0.05, 0.1) is 23.9 Å². The van der Waals surface area contributed by atoms with Gasteiger partial charge in [-0.05, 0) is 38.0 Å². The van der Waals surface area contributed by atoms with Gasteiger partial charge in [0.25, 0.3) is 17.6 Å². The molecule has 1 aliphatic rings. The highest BCUT2D eigenvalue weighted by atomic mass is 16.5. The predicted octanol–water partition coefficient (Wildman–Crippen LogP) is 6.10. The molecular formula is C37H50N6O6. The highest BCUT2D eigenvalue weighted by molar-refractivity contribution is 6.45. The fourth-order valence-corrected chi connectivity index (χ4v) is 6.19. The van der Waals surface area contributed by atoms with E-state index in [1.165, 1.54) is 50.3 Å². The highest BCUT2D eigenvalue weighted by Gasteiger charge is 2.34. The first-order valence-corrected chi connectivity index (χ1v) is 17.5. The minimum Gasteiger partial charge on any atom is -0.453 e. The number of amides is 5. The summed E-state index contributed by atoms with van der Waals surface area (Å²) in [4.78, 5) is 69.6. The number of benzene rings is 2. The Kier molecular flexibility index (Phi) is 14.5. The largest absolute Gasteiger partial charge is 0.453 e. The molecule has 1 aromatic heterocycles. The smallest absolute Gasteiger partial charge is 0.406 e. The maximum Gasteiger partial charge on any atom is 0.406 e. The molecule has 0 aliphatic carbocycles. The molecule has 5 amide bonds. The summed E-state index contributed by atoms with van der Waals surface area (Å²) in [5.41, 5.74) is 1.92. The molecule has 0 radical (unpaired) electrons. The van der Waals surface area contributed by atoms with Crippen molar-refractivity contribution in [1.29, 1.82) is 0 Å². The predicted molar refractivity (Wildman–Crippen MR) is 190 cm³/mol. The van der Waals surface area contributed by atoms with E-state index in [-0.39, 0.29) is 36.2 Å². The van der Waals surface area contributed by atoms with Gasteiger partial charge >= 0.3 is 12.1 Å². The van der Waals surface area contributed by atoms with Crippen LogP contribution in [0.25, 0.3) is 10.9 Å². The first-order valence-electron chi connectivity index (χ1n) is 17.5. The van der Waals surface area contributed by atoms with Gasteiger partial charge in [0.2, 0.25) is 0 Å². The number of piperazine rings is 1. The van der Waals surface area contributed by atoms with Crippen molar-refractivity contribution in [3.8, 4) is 0 Å². The van der Waals surface area contributed by atoms with Crippen LogP contribution in [0.5, 0.6) is 0 Å². The van der Waals surface area contributed by atoms with E-state index in [4.69, 9.17) is 0 Å². The number of H-pyrrole nitrogens is 1. The van der Waals surface area contributed by atoms with Crippen LogP contribution in [0.15, 0.2) is 54.7 Å². The van der Waals surface area contributed by atoms with E-state index >= 15 is 0 Å². The Balaban J connectivity index is 1.14. The van der Waals surface area contributed by atoms with Gasteiger partial charge in [-0.1, -0.05) is 81.7 Å². The molecule has 0 bridgehead atoms. The van der Waals surface area contributed by atoms with Crippen molar-refractivity contribution in [2.24, 2.45) is 0 Å². The molecule has 1 unspecified atom stereocenters. The van der Waals surface area contributed by atoms with Crippen LogP contribution < -0.4 is 16.0 Å². The number of carbonyl (C=O) groups is 5. The molecule has 3 aromatic rings. The number of aromatic nitrogens is 1. The maximum absolute atomic E-state index is 13.4. The number of alkyl carbamates (subject to hydrolysis) is 1. The Morgan fingerprint density at radius 2 is 1.43 bits per heavy atom. The molecule has 49 heavy (non-hydrogen) atoms. The normalized spacial score (nSPS) is 14.4. The molecule has 0 saturated carbocycles. The topological polar surface area (TPSA) is 153 Å². The Morgan fingerprint density at radius 1 is 0.796 bits per heavy atom. The number of fused-ring (bicyclic) bond motifs is 1. The van der Waals surface area contributed by atoms with Crippen LogP contribution in [-0.2, 0) is 9.53 Å². The fourth-order valence-electron chi connectivity index (χ4n) is 6.19. The second kappa shape index (κ2) is 19.2. The zero-order valence-electron chi connectivity index (χ0n) is 28.7. The van der Waals surface area contributed by atoms with E-state index in [2.05, 4.69) is 25.7 Å². The van der Waals surface area contributed by atoms with Crippen molar-refractivity contribution < 1.29 is 28.7 Å². The van der Waals surface area contributed by atoms with Crippen LogP contribution in [0.2, 0.25) is 0 Å². The number of methoxy groups -OCH3 is 1. The standard InChI is InChI=1S/C37H50N6O6/c1-27-26-42(34(45)28-17-12-11-13-18-28)23-24-43(27)35(46)33(44)30-25-40-32-29(30)19-16-20-31(32)41-36(47)38-21-14-9-7-5-3-4-6-8-10-15-22-39-37(48)49-2/h11-13,16-20,25,27,40H,3-10,14-15,21-24,26H2,1-2H3,(H,39,48)(H2,38,41,47). The molecule has 2 heterocycles. The third kappa shape index (κ3) is 10.8. The van der Waals surface area contributed by atoms with Gasteiger partial charge in [-0.3, -0.25) is 14.4 Å². The molecule has 1 atom stereocenters. The van der Waals surface area contributed by atoms with E-state index in [0.29, 0.717) is 48.3 Å². The average Bonchev–Trinajstić information content (AvgIpc) is 3.56. The number of carbonyl (C=O) groups excluding carboxylic acids is 5. The molecular weight excluding hydrogens is 624 g/mol. The first-order chi connectivity index (χ1) is 23.8. The molecule has 2 aromatic carbocycles. The van der Waals surface area contributed by atoms with Crippen LogP contribution >= 0.6 is 0 Å². The number of hydrogen-bond acceptors (Lipinski definition) is 6. The molecule has 264 valence electrons. The maximum atomic E-state index is 13.4. The van der Waals surface area contributed by atoms with Gasteiger partial charge < -0.3 is 35.5 Å². The summed E-state index contributed by atoms with van der Waals surface area (Å²) >= 11 is 0. The summed E-state index contributed by atoms with van der Waals surface area (Å²) in [6.45, 7) is 4.00. The number of hydrogen-bond donors (Lipinski definition) is 4. The third-order valence-corrected chi connectivity index (χ3v) is 8.94. The lowest BCUT2D eigenvalue weighted by molar-refractivity contribution is -0.130. The number of unbranched alkanes of at least 4 members (excludes halogenated alkanes) is 9. The second-order valence-electron chi connectivity index (χ2n) is 12.6. The number of nitrogens with one attached hydrogen (secondary N) is 4. The Bertz CT molecular complexity index is 1560. The zero-order chi connectivity index (χ0) is 35.0. The molecule has 0 spiro atoms. The van der Waals surface area contributed by atoms with E-state index in [1.54, 1.807) is 35.2 Å². The fraction of sp³-hybridized carbons (Fsp3) is 0.486. The number of ether oxygens (including phenoxy) is 1. The Labute approximate surface area is 288 Å². The third-order valence-electron chi connectivity index (χ3n) is 8.94. The van der Waals surface area contributed by atoms with Gasteiger partial charge in [0.1, 0.15) is 0 Å². The number of urea groups is 1. The Hall–Kier alpha value is -4.87.